The molecule has 0 radical (unpaired) electrons. The van der Waals surface area contributed by atoms with Crippen molar-refractivity contribution < 1.29 is 0 Å². The van der Waals surface area contributed by atoms with Crippen LogP contribution in [0.1, 0.15) is 31.9 Å². The van der Waals surface area contributed by atoms with Gasteiger partial charge in [0.15, 0.2) is 0 Å². The molecule has 1 atom stereocenters. The maximum Gasteiger partial charge on any atom is 0.00761 e. The van der Waals surface area contributed by atoms with E-state index < -0.39 is 0 Å². The van der Waals surface area contributed by atoms with Crippen LogP contribution in [-0.4, -0.2) is 13.1 Å². The lowest BCUT2D eigenvalue weighted by Crippen LogP contribution is -2.23. The second kappa shape index (κ2) is 7.42. The van der Waals surface area contributed by atoms with Crippen molar-refractivity contribution in [1.29, 1.82) is 0 Å². The van der Waals surface area contributed by atoms with Gasteiger partial charge in [0, 0.05) is 6.04 Å². The molecule has 0 amide bonds. The maximum atomic E-state index is 3.29. The van der Waals surface area contributed by atoms with E-state index in [-0.39, 0.29) is 0 Å². The van der Waals surface area contributed by atoms with Gasteiger partial charge in [0.25, 0.3) is 0 Å². The topological polar surface area (TPSA) is 12.0 Å². The zero-order valence-corrected chi connectivity index (χ0v) is 13.7. The molecule has 0 fully saturated rings. The highest BCUT2D eigenvalue weighted by atomic mass is 14.8. The molecule has 0 bridgehead atoms. The van der Waals surface area contributed by atoms with Gasteiger partial charge in [0.2, 0.25) is 0 Å². The second-order valence-electron chi connectivity index (χ2n) is 6.39. The van der Waals surface area contributed by atoms with Crippen LogP contribution in [-0.2, 0) is 12.8 Å². The van der Waals surface area contributed by atoms with Gasteiger partial charge in [0.1, 0.15) is 0 Å². The highest BCUT2D eigenvalue weighted by Crippen LogP contribution is 2.22. The molecule has 0 heterocycles. The van der Waals surface area contributed by atoms with Crippen molar-refractivity contribution >= 4 is 0 Å². The Balaban J connectivity index is 2.14. The summed E-state index contributed by atoms with van der Waals surface area (Å²) in [6.07, 6.45) is 2.22. The zero-order valence-electron chi connectivity index (χ0n) is 13.7. The predicted molar refractivity (Wildman–Crippen MR) is 92.6 cm³/mol. The molecule has 1 nitrogen and oxygen atoms in total. The third-order valence-electron chi connectivity index (χ3n) is 3.89. The summed E-state index contributed by atoms with van der Waals surface area (Å²) in [6, 6.07) is 18.4. The van der Waals surface area contributed by atoms with Crippen LogP contribution in [0.25, 0.3) is 11.1 Å². The van der Waals surface area contributed by atoms with E-state index in [9.17, 15) is 0 Å². The van der Waals surface area contributed by atoms with Gasteiger partial charge in [-0.3, -0.25) is 0 Å². The van der Waals surface area contributed by atoms with Crippen LogP contribution in [0.4, 0.5) is 0 Å². The fourth-order valence-corrected chi connectivity index (χ4v) is 2.64. The fraction of sp³-hybridized carbons (Fsp3) is 0.400. The van der Waals surface area contributed by atoms with Gasteiger partial charge in [-0.1, -0.05) is 62.4 Å². The third kappa shape index (κ3) is 4.71. The van der Waals surface area contributed by atoms with Crippen LogP contribution < -0.4 is 5.32 Å². The van der Waals surface area contributed by atoms with Gasteiger partial charge in [-0.25, -0.2) is 0 Å². The average Bonchev–Trinajstić information content (AvgIpc) is 2.47. The van der Waals surface area contributed by atoms with Crippen LogP contribution in [0.3, 0.4) is 0 Å². The van der Waals surface area contributed by atoms with Gasteiger partial charge >= 0.3 is 0 Å². The molecular weight excluding hydrogens is 254 g/mol. The quantitative estimate of drug-likeness (QED) is 0.809. The lowest BCUT2D eigenvalue weighted by Gasteiger charge is -2.11. The highest BCUT2D eigenvalue weighted by Gasteiger charge is 2.04. The molecule has 0 saturated carbocycles. The first-order chi connectivity index (χ1) is 10.1. The van der Waals surface area contributed by atoms with E-state index in [1.165, 1.54) is 22.3 Å². The van der Waals surface area contributed by atoms with Gasteiger partial charge in [-0.05, 0) is 55.0 Å². The SMILES string of the molecule is CNC(C)Cc1ccc(-c2cccc(CC(C)C)c2)cc1. The Morgan fingerprint density at radius 1 is 0.810 bits per heavy atom. The van der Waals surface area contributed by atoms with Crippen LogP contribution >= 0.6 is 0 Å². The highest BCUT2D eigenvalue weighted by molar-refractivity contribution is 5.64. The molecule has 1 heteroatoms. The van der Waals surface area contributed by atoms with Gasteiger partial charge in [-0.2, -0.15) is 0 Å². The van der Waals surface area contributed by atoms with Crippen molar-refractivity contribution in [2.24, 2.45) is 5.92 Å². The molecule has 2 aromatic carbocycles. The van der Waals surface area contributed by atoms with Gasteiger partial charge < -0.3 is 5.32 Å². The smallest absolute Gasteiger partial charge is 0.00761 e. The third-order valence-corrected chi connectivity index (χ3v) is 3.89. The predicted octanol–water partition coefficient (Wildman–Crippen LogP) is 4.70. The fourth-order valence-electron chi connectivity index (χ4n) is 2.64. The average molecular weight is 281 g/mol. The maximum absolute atomic E-state index is 3.29. The molecule has 2 rings (SSSR count). The molecule has 0 spiro atoms. The number of hydrogen-bond acceptors (Lipinski definition) is 1. The molecule has 0 aliphatic heterocycles. The lowest BCUT2D eigenvalue weighted by atomic mass is 9.97. The van der Waals surface area contributed by atoms with Crippen molar-refractivity contribution in [3.8, 4) is 11.1 Å². The summed E-state index contributed by atoms with van der Waals surface area (Å²) < 4.78 is 0. The van der Waals surface area contributed by atoms with E-state index in [1.54, 1.807) is 0 Å². The molecule has 21 heavy (non-hydrogen) atoms. The van der Waals surface area contributed by atoms with E-state index in [4.69, 9.17) is 0 Å². The Labute approximate surface area is 129 Å². The Morgan fingerprint density at radius 3 is 2.14 bits per heavy atom. The van der Waals surface area contributed by atoms with Gasteiger partial charge in [-0.15, -0.1) is 0 Å². The molecule has 0 aromatic heterocycles. The summed E-state index contributed by atoms with van der Waals surface area (Å²) in [7, 11) is 2.01. The summed E-state index contributed by atoms with van der Waals surface area (Å²) in [4.78, 5) is 0. The molecular formula is C20H27N. The first-order valence-corrected chi connectivity index (χ1v) is 7.94. The van der Waals surface area contributed by atoms with Crippen LogP contribution in [0, 0.1) is 5.92 Å². The largest absolute Gasteiger partial charge is 0.317 e. The molecule has 0 aliphatic carbocycles. The molecule has 112 valence electrons. The number of hydrogen-bond donors (Lipinski definition) is 1. The Hall–Kier alpha value is -1.60. The van der Waals surface area contributed by atoms with Crippen LogP contribution in [0.15, 0.2) is 48.5 Å². The molecule has 1 N–H and O–H groups in total. The van der Waals surface area contributed by atoms with E-state index in [0.717, 1.165) is 12.8 Å². The van der Waals surface area contributed by atoms with Crippen LogP contribution in [0.5, 0.6) is 0 Å². The first-order valence-electron chi connectivity index (χ1n) is 7.94. The second-order valence-corrected chi connectivity index (χ2v) is 6.39. The minimum absolute atomic E-state index is 0.519. The molecule has 2 aromatic rings. The number of rotatable bonds is 6. The summed E-state index contributed by atoms with van der Waals surface area (Å²) in [5.74, 6) is 0.700. The van der Waals surface area contributed by atoms with Gasteiger partial charge in [0.05, 0.1) is 0 Å². The first kappa shape index (κ1) is 15.8. The minimum Gasteiger partial charge on any atom is -0.317 e. The van der Waals surface area contributed by atoms with Crippen molar-refractivity contribution in [3.05, 3.63) is 59.7 Å². The monoisotopic (exact) mass is 281 g/mol. The summed E-state index contributed by atoms with van der Waals surface area (Å²) in [5.41, 5.74) is 5.44. The van der Waals surface area contributed by atoms with E-state index >= 15 is 0 Å². The zero-order chi connectivity index (χ0) is 15.2. The van der Waals surface area contributed by atoms with Crippen molar-refractivity contribution in [3.63, 3.8) is 0 Å². The number of benzene rings is 2. The summed E-state index contributed by atoms with van der Waals surface area (Å²) in [6.45, 7) is 6.75. The standard InChI is InChI=1S/C20H27N/c1-15(2)12-18-6-5-7-20(14-18)19-10-8-17(9-11-19)13-16(3)21-4/h5-11,14-16,21H,12-13H2,1-4H3. The Morgan fingerprint density at radius 2 is 1.52 bits per heavy atom. The summed E-state index contributed by atoms with van der Waals surface area (Å²) >= 11 is 0. The summed E-state index contributed by atoms with van der Waals surface area (Å²) in [5, 5.41) is 3.29. The van der Waals surface area contributed by atoms with Crippen molar-refractivity contribution in [2.75, 3.05) is 7.05 Å². The van der Waals surface area contributed by atoms with Crippen molar-refractivity contribution in [1.82, 2.24) is 5.32 Å². The Bertz CT molecular complexity index is 554. The van der Waals surface area contributed by atoms with E-state index in [1.807, 2.05) is 7.05 Å². The number of nitrogens with one attached hydrogen (secondary N) is 1. The van der Waals surface area contributed by atoms with E-state index in [0.29, 0.717) is 12.0 Å². The Kier molecular flexibility index (Phi) is 5.58. The molecule has 0 aliphatic rings. The van der Waals surface area contributed by atoms with Crippen molar-refractivity contribution in [2.45, 2.75) is 39.7 Å². The molecule has 0 saturated heterocycles. The van der Waals surface area contributed by atoms with E-state index in [2.05, 4.69) is 74.6 Å². The molecule has 1 unspecified atom stereocenters. The normalized spacial score (nSPS) is 12.6. The number of likely N-dealkylation sites (N-methyl/N-ethyl adjacent to an activating group) is 1. The lowest BCUT2D eigenvalue weighted by molar-refractivity contribution is 0.608. The van der Waals surface area contributed by atoms with Crippen LogP contribution in [0.2, 0.25) is 0 Å². The minimum atomic E-state index is 0.519.